The summed E-state index contributed by atoms with van der Waals surface area (Å²) in [6, 6.07) is 11.8. The van der Waals surface area contributed by atoms with Crippen LogP contribution in [0.5, 0.6) is 0 Å². The Balaban J connectivity index is 1.84. The van der Waals surface area contributed by atoms with Crippen molar-refractivity contribution in [2.75, 3.05) is 26.2 Å². The molecule has 0 saturated carbocycles. The number of aryl methyl sites for hydroxylation is 1. The lowest BCUT2D eigenvalue weighted by molar-refractivity contribution is -0.124. The highest BCUT2D eigenvalue weighted by molar-refractivity contribution is 7.12. The number of rotatable bonds is 9. The maximum absolute atomic E-state index is 13.2. The van der Waals surface area contributed by atoms with Gasteiger partial charge in [-0.1, -0.05) is 44.2 Å². The molecule has 0 radical (unpaired) electrons. The van der Waals surface area contributed by atoms with Gasteiger partial charge in [-0.05, 0) is 41.8 Å². The van der Waals surface area contributed by atoms with Crippen LogP contribution >= 0.6 is 11.3 Å². The van der Waals surface area contributed by atoms with E-state index >= 15 is 0 Å². The fourth-order valence-electron chi connectivity index (χ4n) is 4.22. The first-order valence-electron chi connectivity index (χ1n) is 11.0. The summed E-state index contributed by atoms with van der Waals surface area (Å²) in [7, 11) is 0. The lowest BCUT2D eigenvalue weighted by atomic mass is 10.0. The zero-order valence-electron chi connectivity index (χ0n) is 18.7. The molecule has 7 heteroatoms. The summed E-state index contributed by atoms with van der Waals surface area (Å²) in [5.41, 5.74) is 8.13. The molecule has 3 N–H and O–H groups in total. The minimum absolute atomic E-state index is 0.0641. The number of benzene rings is 1. The van der Waals surface area contributed by atoms with Crippen molar-refractivity contribution in [2.45, 2.75) is 45.8 Å². The molecule has 31 heavy (non-hydrogen) atoms. The molecule has 0 spiro atoms. The number of likely N-dealkylation sites (tertiary alicyclic amines) is 1. The monoisotopic (exact) mass is 442 g/mol. The first-order chi connectivity index (χ1) is 14.9. The smallest absolute Gasteiger partial charge is 0.264 e. The van der Waals surface area contributed by atoms with Gasteiger partial charge in [0, 0.05) is 38.8 Å². The van der Waals surface area contributed by atoms with Crippen LogP contribution in [0.25, 0.3) is 0 Å². The number of nitrogens with one attached hydrogen (secondary N) is 1. The van der Waals surface area contributed by atoms with Gasteiger partial charge < -0.3 is 16.0 Å². The molecule has 2 unspecified atom stereocenters. The van der Waals surface area contributed by atoms with Crippen molar-refractivity contribution >= 4 is 23.2 Å². The zero-order valence-corrected chi connectivity index (χ0v) is 19.5. The highest BCUT2D eigenvalue weighted by Crippen LogP contribution is 2.28. The van der Waals surface area contributed by atoms with E-state index in [2.05, 4.69) is 55.3 Å². The van der Waals surface area contributed by atoms with Crippen LogP contribution in [0.2, 0.25) is 0 Å². The number of nitrogens with zero attached hydrogens (tertiary/aromatic N) is 2. The minimum Gasteiger partial charge on any atom is -0.353 e. The summed E-state index contributed by atoms with van der Waals surface area (Å²) >= 11 is 1.42. The quantitative estimate of drug-likeness (QED) is 0.626. The van der Waals surface area contributed by atoms with Crippen LogP contribution in [0.3, 0.4) is 0 Å². The zero-order chi connectivity index (χ0) is 22.4. The molecule has 1 aromatic carbocycles. The Kier molecular flexibility index (Phi) is 8.23. The summed E-state index contributed by atoms with van der Waals surface area (Å²) in [5, 5.41) is 4.79. The lowest BCUT2D eigenvalue weighted by Crippen LogP contribution is -2.46. The van der Waals surface area contributed by atoms with E-state index in [9.17, 15) is 9.59 Å². The van der Waals surface area contributed by atoms with E-state index in [0.717, 1.165) is 13.1 Å². The molecule has 6 nitrogen and oxygen atoms in total. The van der Waals surface area contributed by atoms with Crippen molar-refractivity contribution < 1.29 is 9.59 Å². The van der Waals surface area contributed by atoms with Crippen molar-refractivity contribution in [3.05, 3.63) is 57.8 Å². The van der Waals surface area contributed by atoms with Gasteiger partial charge in [-0.2, -0.15) is 0 Å². The van der Waals surface area contributed by atoms with Crippen molar-refractivity contribution in [3.63, 3.8) is 0 Å². The summed E-state index contributed by atoms with van der Waals surface area (Å²) in [4.78, 5) is 31.0. The second kappa shape index (κ2) is 10.9. The van der Waals surface area contributed by atoms with E-state index in [-0.39, 0.29) is 17.9 Å². The number of thiophene rings is 1. The van der Waals surface area contributed by atoms with Crippen molar-refractivity contribution in [1.29, 1.82) is 0 Å². The molecule has 1 aliphatic rings. The van der Waals surface area contributed by atoms with E-state index in [1.165, 1.54) is 22.5 Å². The van der Waals surface area contributed by atoms with Crippen LogP contribution < -0.4 is 11.1 Å². The molecule has 2 amide bonds. The maximum atomic E-state index is 13.2. The fourth-order valence-corrected chi connectivity index (χ4v) is 4.90. The summed E-state index contributed by atoms with van der Waals surface area (Å²) in [6.45, 7) is 9.63. The number of carbonyl (C=O) groups excluding carboxylic acids is 2. The Morgan fingerprint density at radius 2 is 2.03 bits per heavy atom. The molecule has 1 saturated heterocycles. The van der Waals surface area contributed by atoms with Gasteiger partial charge >= 0.3 is 0 Å². The molecule has 2 atom stereocenters. The molecule has 2 aromatic rings. The van der Waals surface area contributed by atoms with Crippen LogP contribution in [-0.4, -0.2) is 59.9 Å². The Morgan fingerprint density at radius 1 is 1.26 bits per heavy atom. The summed E-state index contributed by atoms with van der Waals surface area (Å²) < 4.78 is 0. The van der Waals surface area contributed by atoms with Crippen LogP contribution in [0.15, 0.2) is 41.8 Å². The first-order valence-corrected chi connectivity index (χ1v) is 11.9. The Bertz CT molecular complexity index is 868. The predicted molar refractivity (Wildman–Crippen MR) is 126 cm³/mol. The second-order valence-corrected chi connectivity index (χ2v) is 9.62. The van der Waals surface area contributed by atoms with Gasteiger partial charge in [0.1, 0.15) is 6.04 Å². The number of carbonyl (C=O) groups is 2. The predicted octanol–water partition coefficient (Wildman–Crippen LogP) is 2.87. The second-order valence-electron chi connectivity index (χ2n) is 8.67. The lowest BCUT2D eigenvalue weighted by Gasteiger charge is -2.31. The Hall–Kier alpha value is -2.22. The molecule has 1 aromatic heterocycles. The molecular formula is C24H34N4O2S. The molecule has 168 valence electrons. The van der Waals surface area contributed by atoms with Gasteiger partial charge in [-0.3, -0.25) is 14.5 Å². The number of hydrogen-bond donors (Lipinski definition) is 2. The van der Waals surface area contributed by atoms with E-state index in [4.69, 9.17) is 5.73 Å². The summed E-state index contributed by atoms with van der Waals surface area (Å²) in [5.74, 6) is 0.305. The van der Waals surface area contributed by atoms with Crippen molar-refractivity contribution in [1.82, 2.24) is 15.1 Å². The molecule has 3 rings (SSSR count). The molecule has 2 heterocycles. The molecule has 0 bridgehead atoms. The molecular weight excluding hydrogens is 408 g/mol. The first kappa shape index (κ1) is 23.4. The van der Waals surface area contributed by atoms with Gasteiger partial charge in [0.05, 0.1) is 4.88 Å². The third-order valence-corrected chi connectivity index (χ3v) is 6.63. The highest BCUT2D eigenvalue weighted by atomic mass is 32.1. The van der Waals surface area contributed by atoms with E-state index in [1.807, 2.05) is 17.5 Å². The molecule has 0 aliphatic carbocycles. The highest BCUT2D eigenvalue weighted by Gasteiger charge is 2.42. The fraction of sp³-hybridized carbons (Fsp3) is 0.500. The van der Waals surface area contributed by atoms with Gasteiger partial charge in [-0.25, -0.2) is 0 Å². The third kappa shape index (κ3) is 5.93. The minimum atomic E-state index is -0.474. The van der Waals surface area contributed by atoms with Crippen LogP contribution in [0, 0.1) is 12.8 Å². The van der Waals surface area contributed by atoms with Crippen molar-refractivity contribution in [2.24, 2.45) is 11.7 Å². The SMILES string of the molecule is Cc1ccccc1CN(CC(C)C)C1CC(C(=O)NCCN)N(C(=O)c2cccs2)C1. The number of amides is 2. The number of hydrogen-bond acceptors (Lipinski definition) is 5. The molecule has 1 aliphatic heterocycles. The van der Waals surface area contributed by atoms with E-state index in [1.54, 1.807) is 4.90 Å². The normalized spacial score (nSPS) is 18.7. The third-order valence-electron chi connectivity index (χ3n) is 5.77. The molecule has 1 fully saturated rings. The van der Waals surface area contributed by atoms with E-state index in [0.29, 0.717) is 36.9 Å². The van der Waals surface area contributed by atoms with Gasteiger partial charge in [-0.15, -0.1) is 11.3 Å². The van der Waals surface area contributed by atoms with Crippen LogP contribution in [0.4, 0.5) is 0 Å². The van der Waals surface area contributed by atoms with Gasteiger partial charge in [0.15, 0.2) is 0 Å². The van der Waals surface area contributed by atoms with Crippen molar-refractivity contribution in [3.8, 4) is 0 Å². The topological polar surface area (TPSA) is 78.7 Å². The van der Waals surface area contributed by atoms with Crippen LogP contribution in [-0.2, 0) is 11.3 Å². The average molecular weight is 443 g/mol. The average Bonchev–Trinajstić information content (AvgIpc) is 3.42. The van der Waals surface area contributed by atoms with E-state index < -0.39 is 6.04 Å². The maximum Gasteiger partial charge on any atom is 0.264 e. The Morgan fingerprint density at radius 3 is 2.68 bits per heavy atom. The van der Waals surface area contributed by atoms with Gasteiger partial charge in [0.25, 0.3) is 5.91 Å². The standard InChI is InChI=1S/C24H34N4O2S/c1-17(2)14-27(15-19-8-5-4-7-18(19)3)20-13-21(23(29)26-11-10-25)28(16-20)24(30)22-9-6-12-31-22/h4-9,12,17,20-21H,10-11,13-16,25H2,1-3H3,(H,26,29). The Labute approximate surface area is 189 Å². The largest absolute Gasteiger partial charge is 0.353 e. The van der Waals surface area contributed by atoms with Gasteiger partial charge in [0.2, 0.25) is 5.91 Å². The van der Waals surface area contributed by atoms with Crippen LogP contribution in [0.1, 0.15) is 41.1 Å². The summed E-state index contributed by atoms with van der Waals surface area (Å²) in [6.07, 6.45) is 0.631. The number of nitrogens with two attached hydrogens (primary N) is 1.